The van der Waals surface area contributed by atoms with Crippen molar-refractivity contribution in [3.8, 4) is 0 Å². The molecule has 19 heavy (non-hydrogen) atoms. The first-order valence-electron chi connectivity index (χ1n) is 7.81. The molecule has 0 amide bonds. The first-order chi connectivity index (χ1) is 9.04. The molecule has 1 aliphatic heterocycles. The van der Waals surface area contributed by atoms with E-state index in [-0.39, 0.29) is 0 Å². The summed E-state index contributed by atoms with van der Waals surface area (Å²) in [7, 11) is 2.20. The molecule has 4 nitrogen and oxygen atoms in total. The third-order valence-electron chi connectivity index (χ3n) is 4.26. The second kappa shape index (κ2) is 8.90. The van der Waals surface area contributed by atoms with Crippen LogP contribution in [-0.2, 0) is 4.74 Å². The molecule has 0 aromatic carbocycles. The fraction of sp³-hybridized carbons (Fsp3) is 1.00. The molecule has 0 aromatic heterocycles. The van der Waals surface area contributed by atoms with Gasteiger partial charge in [0, 0.05) is 44.8 Å². The second-order valence-corrected chi connectivity index (χ2v) is 6.02. The van der Waals surface area contributed by atoms with E-state index in [1.807, 2.05) is 0 Å². The van der Waals surface area contributed by atoms with Gasteiger partial charge in [-0.1, -0.05) is 6.92 Å². The first-order valence-corrected chi connectivity index (χ1v) is 7.81. The quantitative estimate of drug-likeness (QED) is 0.676. The van der Waals surface area contributed by atoms with Crippen LogP contribution >= 0.6 is 0 Å². The van der Waals surface area contributed by atoms with E-state index in [0.29, 0.717) is 18.2 Å². The van der Waals surface area contributed by atoms with Crippen molar-refractivity contribution in [2.45, 2.75) is 52.3 Å². The first kappa shape index (κ1) is 16.9. The summed E-state index contributed by atoms with van der Waals surface area (Å²) in [4.78, 5) is 4.91. The number of hydrogen-bond acceptors (Lipinski definition) is 4. The molecule has 1 saturated heterocycles. The highest BCUT2D eigenvalue weighted by molar-refractivity contribution is 4.75. The van der Waals surface area contributed by atoms with Crippen LogP contribution in [0.2, 0.25) is 0 Å². The number of ether oxygens (including phenoxy) is 1. The Morgan fingerprint density at radius 1 is 1.37 bits per heavy atom. The summed E-state index contributed by atoms with van der Waals surface area (Å²) in [6.07, 6.45) is 1.57. The molecule has 0 spiro atoms. The number of hydrogen-bond donors (Lipinski definition) is 1. The molecule has 0 radical (unpaired) electrons. The Labute approximate surface area is 119 Å². The lowest BCUT2D eigenvalue weighted by Crippen LogP contribution is -2.49. The van der Waals surface area contributed by atoms with E-state index in [1.54, 1.807) is 0 Å². The molecular weight excluding hydrogens is 238 g/mol. The van der Waals surface area contributed by atoms with Gasteiger partial charge in [-0.05, 0) is 34.2 Å². The number of rotatable bonds is 8. The molecule has 1 N–H and O–H groups in total. The highest BCUT2D eigenvalue weighted by Gasteiger charge is 2.21. The highest BCUT2D eigenvalue weighted by atomic mass is 16.5. The van der Waals surface area contributed by atoms with E-state index in [4.69, 9.17) is 4.74 Å². The van der Waals surface area contributed by atoms with Gasteiger partial charge in [-0.15, -0.1) is 0 Å². The minimum atomic E-state index is 0.352. The smallest absolute Gasteiger partial charge is 0.0826 e. The van der Waals surface area contributed by atoms with Crippen LogP contribution in [0.5, 0.6) is 0 Å². The van der Waals surface area contributed by atoms with Crippen molar-refractivity contribution in [1.82, 2.24) is 15.1 Å². The lowest BCUT2D eigenvalue weighted by Gasteiger charge is -2.35. The maximum absolute atomic E-state index is 5.82. The van der Waals surface area contributed by atoms with Crippen LogP contribution in [0, 0.1) is 0 Å². The van der Waals surface area contributed by atoms with E-state index >= 15 is 0 Å². The van der Waals surface area contributed by atoms with Gasteiger partial charge in [-0.2, -0.15) is 0 Å². The molecule has 0 aromatic rings. The van der Waals surface area contributed by atoms with Crippen LogP contribution in [0.25, 0.3) is 0 Å². The van der Waals surface area contributed by atoms with Crippen LogP contribution in [0.3, 0.4) is 0 Å². The predicted octanol–water partition coefficient (Wildman–Crippen LogP) is 1.42. The molecule has 1 rings (SSSR count). The van der Waals surface area contributed by atoms with Gasteiger partial charge < -0.3 is 15.0 Å². The SMILES string of the molecule is CCC(C)N(C)CCNCC1CN(C(C)C)CCO1. The number of likely N-dealkylation sites (N-methyl/N-ethyl adjacent to an activating group) is 1. The topological polar surface area (TPSA) is 27.7 Å². The Balaban J connectivity index is 2.12. The minimum Gasteiger partial charge on any atom is -0.374 e. The maximum atomic E-state index is 5.82. The van der Waals surface area contributed by atoms with Gasteiger partial charge in [0.25, 0.3) is 0 Å². The molecule has 4 heteroatoms. The second-order valence-electron chi connectivity index (χ2n) is 6.02. The summed E-state index contributed by atoms with van der Waals surface area (Å²) in [5.41, 5.74) is 0. The maximum Gasteiger partial charge on any atom is 0.0826 e. The van der Waals surface area contributed by atoms with E-state index in [0.717, 1.165) is 39.3 Å². The average Bonchev–Trinajstić information content (AvgIpc) is 2.42. The monoisotopic (exact) mass is 271 g/mol. The van der Waals surface area contributed by atoms with Gasteiger partial charge in [0.05, 0.1) is 12.7 Å². The summed E-state index contributed by atoms with van der Waals surface area (Å²) in [5.74, 6) is 0. The molecular formula is C15H33N3O. The fourth-order valence-corrected chi connectivity index (χ4v) is 2.39. The van der Waals surface area contributed by atoms with Crippen LogP contribution in [0.1, 0.15) is 34.1 Å². The van der Waals surface area contributed by atoms with Crippen molar-refractivity contribution in [2.75, 3.05) is 46.4 Å². The van der Waals surface area contributed by atoms with Crippen molar-refractivity contribution >= 4 is 0 Å². The van der Waals surface area contributed by atoms with E-state index < -0.39 is 0 Å². The van der Waals surface area contributed by atoms with Crippen LogP contribution in [-0.4, -0.2) is 74.4 Å². The Bertz CT molecular complexity index is 235. The van der Waals surface area contributed by atoms with E-state index in [9.17, 15) is 0 Å². The molecule has 1 aliphatic rings. The Hall–Kier alpha value is -0.160. The van der Waals surface area contributed by atoms with Crippen molar-refractivity contribution in [1.29, 1.82) is 0 Å². The third-order valence-corrected chi connectivity index (χ3v) is 4.26. The molecule has 0 aliphatic carbocycles. The lowest BCUT2D eigenvalue weighted by atomic mass is 10.2. The third kappa shape index (κ3) is 6.21. The number of nitrogens with zero attached hydrogens (tertiary/aromatic N) is 2. The Morgan fingerprint density at radius 3 is 2.74 bits per heavy atom. The van der Waals surface area contributed by atoms with E-state index in [2.05, 4.69) is 49.9 Å². The summed E-state index contributed by atoms with van der Waals surface area (Å²) < 4.78 is 5.82. The lowest BCUT2D eigenvalue weighted by molar-refractivity contribution is -0.0372. The van der Waals surface area contributed by atoms with Gasteiger partial charge >= 0.3 is 0 Å². The van der Waals surface area contributed by atoms with Crippen LogP contribution in [0.4, 0.5) is 0 Å². The van der Waals surface area contributed by atoms with Crippen LogP contribution in [0.15, 0.2) is 0 Å². The average molecular weight is 271 g/mol. The largest absolute Gasteiger partial charge is 0.374 e. The Morgan fingerprint density at radius 2 is 2.11 bits per heavy atom. The molecule has 114 valence electrons. The summed E-state index contributed by atoms with van der Waals surface area (Å²) in [6.45, 7) is 15.2. The van der Waals surface area contributed by atoms with Crippen molar-refractivity contribution < 1.29 is 4.74 Å². The van der Waals surface area contributed by atoms with Gasteiger partial charge in [0.15, 0.2) is 0 Å². The molecule has 1 fully saturated rings. The molecule has 2 unspecified atom stereocenters. The summed E-state index contributed by atoms with van der Waals surface area (Å²) in [5, 5.41) is 3.53. The number of morpholine rings is 1. The van der Waals surface area contributed by atoms with Gasteiger partial charge in [-0.25, -0.2) is 0 Å². The summed E-state index contributed by atoms with van der Waals surface area (Å²) >= 11 is 0. The van der Waals surface area contributed by atoms with Crippen molar-refractivity contribution in [3.05, 3.63) is 0 Å². The zero-order chi connectivity index (χ0) is 14.3. The molecule has 2 atom stereocenters. The zero-order valence-electron chi connectivity index (χ0n) is 13.5. The molecule has 0 bridgehead atoms. The normalized spacial score (nSPS) is 23.2. The van der Waals surface area contributed by atoms with Gasteiger partial charge in [-0.3, -0.25) is 4.90 Å². The zero-order valence-corrected chi connectivity index (χ0v) is 13.5. The summed E-state index contributed by atoms with van der Waals surface area (Å²) in [6, 6.07) is 1.30. The van der Waals surface area contributed by atoms with Crippen molar-refractivity contribution in [3.63, 3.8) is 0 Å². The van der Waals surface area contributed by atoms with Gasteiger partial charge in [0.2, 0.25) is 0 Å². The van der Waals surface area contributed by atoms with E-state index in [1.165, 1.54) is 6.42 Å². The molecule has 1 heterocycles. The number of nitrogens with one attached hydrogen (secondary N) is 1. The fourth-order valence-electron chi connectivity index (χ4n) is 2.39. The predicted molar refractivity (Wildman–Crippen MR) is 81.7 cm³/mol. The standard InChI is InChI=1S/C15H33N3O/c1-6-14(4)17(5)8-7-16-11-15-12-18(13(2)3)9-10-19-15/h13-16H,6-12H2,1-5H3. The Kier molecular flexibility index (Phi) is 7.91. The highest BCUT2D eigenvalue weighted by Crippen LogP contribution is 2.08. The molecule has 0 saturated carbocycles. The minimum absolute atomic E-state index is 0.352. The van der Waals surface area contributed by atoms with Gasteiger partial charge in [0.1, 0.15) is 0 Å². The van der Waals surface area contributed by atoms with Crippen LogP contribution < -0.4 is 5.32 Å². The van der Waals surface area contributed by atoms with Crippen molar-refractivity contribution in [2.24, 2.45) is 0 Å².